The first-order valence-corrected chi connectivity index (χ1v) is 4.64. The number of halogens is 5. The smallest absolute Gasteiger partial charge is 0.397 e. The van der Waals surface area contributed by atoms with Crippen LogP contribution in [-0.2, 0) is 4.79 Å². The molecule has 0 aliphatic rings. The number of nitrogens with two attached hydrogens (primary N) is 1. The number of hydrogen-bond donors (Lipinski definition) is 2. The van der Waals surface area contributed by atoms with E-state index < -0.39 is 17.9 Å². The van der Waals surface area contributed by atoms with Crippen molar-refractivity contribution in [3.05, 3.63) is 22.4 Å². The monoisotopic (exact) mass is 300 g/mol. The lowest BCUT2D eigenvalue weighted by molar-refractivity contribution is -0.167. The number of carbonyl (C=O) groups excluding carboxylic acids is 1. The minimum absolute atomic E-state index is 0.0670. The molecule has 16 heavy (non-hydrogen) atoms. The predicted octanol–water partition coefficient (Wildman–Crippen LogP) is 2.67. The summed E-state index contributed by atoms with van der Waals surface area (Å²) in [6, 6.07) is 1.69. The average molecular weight is 301 g/mol. The van der Waals surface area contributed by atoms with E-state index in [0.29, 0.717) is 0 Å². The zero-order valence-corrected chi connectivity index (χ0v) is 9.12. The minimum atomic E-state index is -5.03. The number of benzene rings is 1. The van der Waals surface area contributed by atoms with Crippen LogP contribution in [0.3, 0.4) is 0 Å². The van der Waals surface area contributed by atoms with Crippen molar-refractivity contribution in [3.63, 3.8) is 0 Å². The molecule has 1 aromatic carbocycles. The fourth-order valence-electron chi connectivity index (χ4n) is 0.910. The van der Waals surface area contributed by atoms with Crippen LogP contribution < -0.4 is 11.1 Å². The number of anilines is 2. The number of nitrogens with one attached hydrogen (secondary N) is 1. The third kappa shape index (κ3) is 2.84. The maximum atomic E-state index is 12.7. The van der Waals surface area contributed by atoms with E-state index in [1.807, 2.05) is 0 Å². The molecule has 0 heterocycles. The van der Waals surface area contributed by atoms with Gasteiger partial charge in [0, 0.05) is 4.47 Å². The van der Waals surface area contributed by atoms with E-state index in [0.717, 1.165) is 12.1 Å². The van der Waals surface area contributed by atoms with Gasteiger partial charge in [-0.05, 0) is 28.1 Å². The Balaban J connectivity index is 3.03. The summed E-state index contributed by atoms with van der Waals surface area (Å²) in [6.45, 7) is 0. The van der Waals surface area contributed by atoms with Crippen LogP contribution >= 0.6 is 15.9 Å². The van der Waals surface area contributed by atoms with Gasteiger partial charge in [0.15, 0.2) is 0 Å². The first kappa shape index (κ1) is 12.8. The summed E-state index contributed by atoms with van der Waals surface area (Å²) in [5.41, 5.74) is 4.64. The van der Waals surface area contributed by atoms with Crippen LogP contribution in [0.1, 0.15) is 0 Å². The van der Waals surface area contributed by atoms with Crippen LogP contribution in [0.25, 0.3) is 0 Å². The number of hydrogen-bond acceptors (Lipinski definition) is 2. The average Bonchev–Trinajstić information content (AvgIpc) is 2.08. The molecule has 0 radical (unpaired) electrons. The molecule has 0 aliphatic heterocycles. The number of rotatable bonds is 1. The first-order chi connectivity index (χ1) is 7.21. The van der Waals surface area contributed by atoms with Crippen LogP contribution in [0.5, 0.6) is 0 Å². The van der Waals surface area contributed by atoms with Crippen LogP contribution in [0.15, 0.2) is 16.6 Å². The Kier molecular flexibility index (Phi) is 3.41. The zero-order valence-electron chi connectivity index (χ0n) is 7.53. The van der Waals surface area contributed by atoms with Gasteiger partial charge >= 0.3 is 12.1 Å². The summed E-state index contributed by atoms with van der Waals surface area (Å²) in [6.07, 6.45) is -5.03. The topological polar surface area (TPSA) is 55.1 Å². The van der Waals surface area contributed by atoms with Gasteiger partial charge in [-0.15, -0.1) is 0 Å². The molecule has 0 atom stereocenters. The zero-order chi connectivity index (χ0) is 12.5. The van der Waals surface area contributed by atoms with E-state index in [9.17, 15) is 22.4 Å². The molecule has 0 unspecified atom stereocenters. The van der Waals surface area contributed by atoms with E-state index in [2.05, 4.69) is 15.9 Å². The Labute approximate surface area is 95.7 Å². The van der Waals surface area contributed by atoms with Crippen molar-refractivity contribution in [2.45, 2.75) is 6.18 Å². The highest BCUT2D eigenvalue weighted by atomic mass is 79.9. The van der Waals surface area contributed by atoms with Gasteiger partial charge in [-0.1, -0.05) is 0 Å². The maximum Gasteiger partial charge on any atom is 0.471 e. The lowest BCUT2D eigenvalue weighted by Gasteiger charge is -2.11. The molecular weight excluding hydrogens is 296 g/mol. The van der Waals surface area contributed by atoms with Gasteiger partial charge in [0.05, 0.1) is 11.4 Å². The second-order valence-electron chi connectivity index (χ2n) is 2.80. The normalized spacial score (nSPS) is 11.3. The minimum Gasteiger partial charge on any atom is -0.397 e. The fraction of sp³-hybridized carbons (Fsp3) is 0.125. The molecule has 3 N–H and O–H groups in total. The third-order valence-electron chi connectivity index (χ3n) is 1.58. The van der Waals surface area contributed by atoms with Gasteiger partial charge in [0.2, 0.25) is 0 Å². The molecule has 1 rings (SSSR count). The van der Waals surface area contributed by atoms with Crippen molar-refractivity contribution in [2.24, 2.45) is 0 Å². The summed E-state index contributed by atoms with van der Waals surface area (Å²) < 4.78 is 48.5. The van der Waals surface area contributed by atoms with Crippen molar-refractivity contribution < 1.29 is 22.4 Å². The second-order valence-corrected chi connectivity index (χ2v) is 3.66. The summed E-state index contributed by atoms with van der Waals surface area (Å²) >= 11 is 2.79. The number of amides is 1. The molecule has 0 saturated carbocycles. The van der Waals surface area contributed by atoms with Crippen molar-refractivity contribution in [1.29, 1.82) is 0 Å². The molecule has 88 valence electrons. The van der Waals surface area contributed by atoms with Gasteiger partial charge in [-0.2, -0.15) is 13.2 Å². The molecule has 0 fully saturated rings. The van der Waals surface area contributed by atoms with Crippen LogP contribution in [0.4, 0.5) is 28.9 Å². The van der Waals surface area contributed by atoms with Gasteiger partial charge in [-0.25, -0.2) is 4.39 Å². The van der Waals surface area contributed by atoms with Crippen molar-refractivity contribution in [3.8, 4) is 0 Å². The van der Waals surface area contributed by atoms with Crippen LogP contribution in [0.2, 0.25) is 0 Å². The standard InChI is InChI=1S/C8H5BrF4N2O/c9-4-1-3(10)2-5(14)6(4)15-7(16)8(11,12)13/h1-2H,14H2,(H,15,16). The molecule has 0 aliphatic carbocycles. The number of carbonyl (C=O) groups is 1. The lowest BCUT2D eigenvalue weighted by Crippen LogP contribution is -2.30. The van der Waals surface area contributed by atoms with Crippen molar-refractivity contribution in [1.82, 2.24) is 0 Å². The molecule has 3 nitrogen and oxygen atoms in total. The highest BCUT2D eigenvalue weighted by Gasteiger charge is 2.39. The largest absolute Gasteiger partial charge is 0.471 e. The molecule has 0 spiro atoms. The van der Waals surface area contributed by atoms with E-state index >= 15 is 0 Å². The molecule has 0 saturated heterocycles. The highest BCUT2D eigenvalue weighted by molar-refractivity contribution is 9.10. The third-order valence-corrected chi connectivity index (χ3v) is 2.21. The lowest BCUT2D eigenvalue weighted by atomic mass is 10.2. The molecule has 0 aromatic heterocycles. The molecule has 8 heteroatoms. The van der Waals surface area contributed by atoms with E-state index in [1.54, 1.807) is 5.32 Å². The van der Waals surface area contributed by atoms with Crippen molar-refractivity contribution in [2.75, 3.05) is 11.1 Å². The summed E-state index contributed by atoms with van der Waals surface area (Å²) in [4.78, 5) is 10.6. The van der Waals surface area contributed by atoms with E-state index in [4.69, 9.17) is 5.73 Å². The number of nitrogen functional groups attached to an aromatic ring is 1. The highest BCUT2D eigenvalue weighted by Crippen LogP contribution is 2.31. The Hall–Kier alpha value is -1.31. The molecule has 1 amide bonds. The van der Waals surface area contributed by atoms with Crippen LogP contribution in [-0.4, -0.2) is 12.1 Å². The second kappa shape index (κ2) is 4.28. The quantitative estimate of drug-likeness (QED) is 0.619. The van der Waals surface area contributed by atoms with Gasteiger partial charge in [-0.3, -0.25) is 4.79 Å². The predicted molar refractivity (Wildman–Crippen MR) is 53.2 cm³/mol. The molecular formula is C8H5BrF4N2O. The number of alkyl halides is 3. The van der Waals surface area contributed by atoms with E-state index in [1.165, 1.54) is 0 Å². The molecule has 0 bridgehead atoms. The van der Waals surface area contributed by atoms with E-state index in [-0.39, 0.29) is 15.8 Å². The Morgan fingerprint density at radius 1 is 1.38 bits per heavy atom. The SMILES string of the molecule is Nc1cc(F)cc(Br)c1NC(=O)C(F)(F)F. The summed E-state index contributed by atoms with van der Waals surface area (Å²) in [5, 5.41) is 1.54. The van der Waals surface area contributed by atoms with Crippen molar-refractivity contribution >= 4 is 33.2 Å². The van der Waals surface area contributed by atoms with Gasteiger partial charge < -0.3 is 11.1 Å². The van der Waals surface area contributed by atoms with Gasteiger partial charge in [0.1, 0.15) is 5.82 Å². The Bertz CT molecular complexity index is 410. The summed E-state index contributed by atoms with van der Waals surface area (Å²) in [5.74, 6) is -2.90. The molecule has 1 aromatic rings. The van der Waals surface area contributed by atoms with Crippen LogP contribution in [0, 0.1) is 5.82 Å². The summed E-state index contributed by atoms with van der Waals surface area (Å²) in [7, 11) is 0. The maximum absolute atomic E-state index is 12.7. The Morgan fingerprint density at radius 2 is 1.94 bits per heavy atom. The fourth-order valence-corrected chi connectivity index (χ4v) is 1.46. The first-order valence-electron chi connectivity index (χ1n) is 3.84. The van der Waals surface area contributed by atoms with Gasteiger partial charge in [0.25, 0.3) is 0 Å². The Morgan fingerprint density at radius 3 is 2.38 bits per heavy atom.